The number of amides is 4. The molecule has 4 amide bonds. The fraction of sp³-hybridized carbons (Fsp3) is 0.737. The van der Waals surface area contributed by atoms with Gasteiger partial charge in [0.15, 0.2) is 5.71 Å². The quantitative estimate of drug-likeness (QED) is 0.0105. The van der Waals surface area contributed by atoms with Crippen molar-refractivity contribution in [3.05, 3.63) is 95.8 Å². The molecule has 0 spiro atoms. The predicted molar refractivity (Wildman–Crippen MR) is 502 cm³/mol. The molecular formula is C95H156N5O34S2-. The maximum Gasteiger partial charge on any atom is 0.253 e. The van der Waals surface area contributed by atoms with Crippen molar-refractivity contribution in [3.8, 4) is 0 Å². The first-order chi connectivity index (χ1) is 66.5. The van der Waals surface area contributed by atoms with Crippen LogP contribution in [0.3, 0.4) is 0 Å². The summed E-state index contributed by atoms with van der Waals surface area (Å²) in [5.74, 6) is -0.663. The number of anilines is 1. The summed E-state index contributed by atoms with van der Waals surface area (Å²) in [6, 6.07) is 10.4. The van der Waals surface area contributed by atoms with Gasteiger partial charge in [0, 0.05) is 104 Å². The number of nitrogens with zero attached hydrogens (tertiary/aromatic N) is 3. The molecule has 0 saturated heterocycles. The first-order valence-electron chi connectivity index (χ1n) is 47.7. The van der Waals surface area contributed by atoms with Gasteiger partial charge in [-0.15, -0.1) is 0 Å². The molecule has 0 aromatic heterocycles. The van der Waals surface area contributed by atoms with E-state index in [1.165, 1.54) is 29.2 Å². The maximum absolute atomic E-state index is 12.8. The van der Waals surface area contributed by atoms with Gasteiger partial charge in [0.1, 0.15) is 16.7 Å². The molecule has 2 N–H and O–H groups in total. The summed E-state index contributed by atoms with van der Waals surface area (Å²) in [5, 5.41) is 20.3. The Morgan fingerprint density at radius 2 is 0.735 bits per heavy atom. The van der Waals surface area contributed by atoms with E-state index in [1.54, 1.807) is 13.2 Å². The molecule has 0 atom stereocenters. The molecular weight excluding hydrogens is 1820 g/mol. The van der Waals surface area contributed by atoms with Crippen molar-refractivity contribution >= 4 is 62.9 Å². The van der Waals surface area contributed by atoms with Crippen LogP contribution in [0.1, 0.15) is 109 Å². The third kappa shape index (κ3) is 57.3. The van der Waals surface area contributed by atoms with Crippen molar-refractivity contribution in [2.75, 3.05) is 355 Å². The van der Waals surface area contributed by atoms with Crippen molar-refractivity contribution in [3.63, 3.8) is 0 Å². The van der Waals surface area contributed by atoms with Crippen molar-refractivity contribution in [1.29, 1.82) is 0 Å². The van der Waals surface area contributed by atoms with E-state index in [4.69, 9.17) is 114 Å². The molecule has 3 aliphatic heterocycles. The summed E-state index contributed by atoms with van der Waals surface area (Å²) >= 11 is 0.833. The van der Waals surface area contributed by atoms with Gasteiger partial charge in [-0.25, -0.2) is 8.42 Å². The highest BCUT2D eigenvalue weighted by Gasteiger charge is 2.45. The van der Waals surface area contributed by atoms with Gasteiger partial charge in [-0.1, -0.05) is 38.5 Å². The largest absolute Gasteiger partial charge is 0.744 e. The number of allylic oxidation sites excluding steroid dienone is 6. The third-order valence-corrected chi connectivity index (χ3v) is 22.3. The van der Waals surface area contributed by atoms with E-state index in [1.807, 2.05) is 56.4 Å². The van der Waals surface area contributed by atoms with Crippen LogP contribution >= 0.6 is 12.0 Å². The highest BCUT2D eigenvalue weighted by atomic mass is 32.2. The lowest BCUT2D eigenvalue weighted by Crippen LogP contribution is -2.31. The Morgan fingerprint density at radius 3 is 1.10 bits per heavy atom. The number of carbonyl (C=O) groups is 4. The Bertz CT molecular complexity index is 3680. The van der Waals surface area contributed by atoms with Gasteiger partial charge in [0.25, 0.3) is 11.8 Å². The molecule has 136 heavy (non-hydrogen) atoms. The number of imide groups is 1. The molecule has 0 radical (unpaired) electrons. The van der Waals surface area contributed by atoms with Crippen LogP contribution in [0, 0.1) is 0 Å². The Morgan fingerprint density at radius 1 is 0.390 bits per heavy atom. The molecule has 0 bridgehead atoms. The van der Waals surface area contributed by atoms with Crippen LogP contribution < -0.4 is 20.8 Å². The van der Waals surface area contributed by atoms with Crippen LogP contribution in [0.4, 0.5) is 11.4 Å². The van der Waals surface area contributed by atoms with E-state index in [9.17, 15) is 37.4 Å². The number of fused-ring (bicyclic) bond motifs is 2. The number of ether oxygens (including phenoxy) is 24. The number of rotatable bonds is 97. The summed E-state index contributed by atoms with van der Waals surface area (Å²) in [7, 11) is -3.08. The van der Waals surface area contributed by atoms with Crippen LogP contribution in [-0.2, 0) is 163 Å². The number of methoxy groups -OCH3 is 1. The molecule has 778 valence electrons. The van der Waals surface area contributed by atoms with E-state index >= 15 is 0 Å². The third-order valence-electron chi connectivity index (χ3n) is 20.9. The van der Waals surface area contributed by atoms with Crippen molar-refractivity contribution in [1.82, 2.24) is 15.5 Å². The summed E-state index contributed by atoms with van der Waals surface area (Å²) in [6.45, 7) is 32.8. The highest BCUT2D eigenvalue weighted by Crippen LogP contribution is 2.49. The molecule has 3 heterocycles. The zero-order chi connectivity index (χ0) is 97.4. The van der Waals surface area contributed by atoms with E-state index in [0.29, 0.717) is 380 Å². The van der Waals surface area contributed by atoms with Gasteiger partial charge in [-0.3, -0.25) is 29.1 Å². The van der Waals surface area contributed by atoms with Crippen LogP contribution in [0.5, 0.6) is 0 Å². The zero-order valence-corrected chi connectivity index (χ0v) is 82.7. The fourth-order valence-corrected chi connectivity index (χ4v) is 14.7. The van der Waals surface area contributed by atoms with Crippen LogP contribution in [0.25, 0.3) is 0 Å². The second-order valence-corrected chi connectivity index (χ2v) is 34.0. The number of hydrogen-bond donors (Lipinski definition) is 2. The molecule has 39 nitrogen and oxygen atoms in total. The normalized spacial score (nSPS) is 14.4. The minimum atomic E-state index is -4.72. The molecule has 0 saturated carbocycles. The Kier molecular flexibility index (Phi) is 71.5. The van der Waals surface area contributed by atoms with Gasteiger partial charge in [-0.2, -0.15) is 8.91 Å². The molecule has 5 rings (SSSR count). The molecule has 2 aromatic rings. The lowest BCUT2D eigenvalue weighted by atomic mass is 9.81. The second kappa shape index (κ2) is 80.6. The monoisotopic (exact) mass is 1980 g/mol. The molecule has 3 aliphatic rings. The Balaban J connectivity index is 0.732. The predicted octanol–water partition coefficient (Wildman–Crippen LogP) is 6.47. The smallest absolute Gasteiger partial charge is 0.253 e. The molecule has 0 unspecified atom stereocenters. The van der Waals surface area contributed by atoms with Crippen LogP contribution in [0.15, 0.2) is 94.4 Å². The van der Waals surface area contributed by atoms with Gasteiger partial charge >= 0.3 is 0 Å². The number of benzene rings is 2. The Hall–Kier alpha value is -5.87. The minimum absolute atomic E-state index is 0.0160. The van der Waals surface area contributed by atoms with E-state index in [-0.39, 0.29) is 28.5 Å². The fourth-order valence-electron chi connectivity index (χ4n) is 13.8. The number of unbranched alkanes of at least 4 members (excludes halogenated alkanes) is 6. The van der Waals surface area contributed by atoms with Crippen molar-refractivity contribution < 1.29 is 165 Å². The summed E-state index contributed by atoms with van der Waals surface area (Å²) in [5.41, 5.74) is 4.40. The summed E-state index contributed by atoms with van der Waals surface area (Å²) in [6.07, 6.45) is 19.9. The van der Waals surface area contributed by atoms with Crippen LogP contribution in [-0.4, -0.2) is 402 Å². The summed E-state index contributed by atoms with van der Waals surface area (Å²) in [4.78, 5) is 52.9. The number of carbonyl (C=O) groups excluding carboxylic acids is 4. The van der Waals surface area contributed by atoms with E-state index in [2.05, 4.69) is 49.4 Å². The first kappa shape index (κ1) is 121. The Labute approximate surface area is 809 Å². The van der Waals surface area contributed by atoms with Gasteiger partial charge < -0.3 is 139 Å². The van der Waals surface area contributed by atoms with Gasteiger partial charge in [0.05, 0.1) is 333 Å². The van der Waals surface area contributed by atoms with Crippen molar-refractivity contribution in [2.45, 2.75) is 119 Å². The van der Waals surface area contributed by atoms with Crippen LogP contribution in [0.2, 0.25) is 0 Å². The second-order valence-electron chi connectivity index (χ2n) is 31.9. The number of nitrogens with one attached hydrogen (secondary N) is 2. The number of hydrogen-bond acceptors (Lipinski definition) is 36. The first-order valence-corrected chi connectivity index (χ1v) is 49.9. The molecule has 2 aromatic carbocycles. The standard InChI is InChI=1S/C95H157N5O34S2/c1-94(2)84-80-82(135-134-133-105)22-24-86(84)98(30-15-7-12-20-90(101)96-28-14-9-17-32-100-92(103)26-27-93(100)104)88(94)18-10-6-11-19-89-95(3,4)85-81-83(136(106,107)108)23-25-87(85)99(89)31-16-8-13-21-91(102)97-29-33-110-36-37-112-40-41-114-44-45-116-48-49-118-52-53-120-56-57-122-60-61-124-64-65-126-68-69-128-72-73-130-76-77-132-79-78-131-75-74-129-71-70-127-67-66-125-63-62-123-59-58-121-55-54-119-51-50-117-47-46-115-43-42-113-39-38-111-35-34-109-5/h6,10-11,18-19,22-27,80-81H,7-9,12-17,20-21,28-79H2,1-5H3,(H3-,96,97,101,102,105,106,107,108)/p-1. The summed E-state index contributed by atoms with van der Waals surface area (Å²) < 4.78 is 176. The van der Waals surface area contributed by atoms with E-state index in [0.717, 1.165) is 84.5 Å². The van der Waals surface area contributed by atoms with Crippen molar-refractivity contribution in [2.24, 2.45) is 0 Å². The highest BCUT2D eigenvalue weighted by molar-refractivity contribution is 7.94. The molecule has 0 aliphatic carbocycles. The van der Waals surface area contributed by atoms with Gasteiger partial charge in [-0.05, 0) is 101 Å². The SMILES string of the molecule is COCCOCCOCCOCCOCCOCCOCCOCCOCCOCCOCCOCCOCCOCCOCCOCCOCCOCCOCCOCCOCCOCCOCCOCCNC(=O)CCCCCN1C(=CC=CC=CC2=[N+](CCCCCC(=O)NCCCCCN3C(=O)C=CC3=O)c3ccc(SOO[O-])cc3C2(C)C)C(C)(C)c2cc(S(=O)(=O)[O-])ccc21. The topological polar surface area (TPSA) is 422 Å². The molecule has 41 heteroatoms. The maximum atomic E-state index is 12.8. The lowest BCUT2D eigenvalue weighted by molar-refractivity contribution is -0.777. The lowest BCUT2D eigenvalue weighted by Gasteiger charge is -2.27. The zero-order valence-electron chi connectivity index (χ0n) is 81.1. The average Bonchev–Trinajstić information content (AvgIpc) is 1.59. The minimum Gasteiger partial charge on any atom is -0.744 e. The van der Waals surface area contributed by atoms with Gasteiger partial charge in [0.2, 0.25) is 17.5 Å². The van der Waals surface area contributed by atoms with E-state index < -0.39 is 20.9 Å². The average molecular weight is 1980 g/mol. The molecule has 0 fully saturated rings.